The molecule has 0 bridgehead atoms. The molecule has 1 aromatic rings. The van der Waals surface area contributed by atoms with Crippen molar-refractivity contribution in [2.45, 2.75) is 19.3 Å². The Labute approximate surface area is 95.6 Å². The fourth-order valence-corrected chi connectivity index (χ4v) is 1.47. The van der Waals surface area contributed by atoms with Crippen molar-refractivity contribution < 1.29 is 13.9 Å². The van der Waals surface area contributed by atoms with E-state index in [1.54, 1.807) is 26.4 Å². The molecule has 90 valence electrons. The zero-order valence-electron chi connectivity index (χ0n) is 9.87. The van der Waals surface area contributed by atoms with Crippen LogP contribution >= 0.6 is 0 Å². The minimum absolute atomic E-state index is 0.0750. The second-order valence-electron chi connectivity index (χ2n) is 3.55. The quantitative estimate of drug-likeness (QED) is 0.755. The maximum Gasteiger partial charge on any atom is 0.169 e. The molecule has 0 saturated heterocycles. The molecule has 1 rings (SSSR count). The van der Waals surface area contributed by atoms with Crippen LogP contribution in [-0.2, 0) is 9.47 Å². The number of nitrogens with one attached hydrogen (secondary N) is 1. The predicted molar refractivity (Wildman–Crippen MR) is 60.6 cm³/mol. The van der Waals surface area contributed by atoms with E-state index in [1.165, 1.54) is 6.07 Å². The van der Waals surface area contributed by atoms with Gasteiger partial charge in [-0.25, -0.2) is 4.39 Å². The summed E-state index contributed by atoms with van der Waals surface area (Å²) in [6, 6.07) is 6.65. The van der Waals surface area contributed by atoms with Crippen molar-refractivity contribution in [3.63, 3.8) is 0 Å². The highest BCUT2D eigenvalue weighted by Gasteiger charge is 2.12. The highest BCUT2D eigenvalue weighted by atomic mass is 19.1. The molecule has 0 spiro atoms. The van der Waals surface area contributed by atoms with Crippen molar-refractivity contribution in [3.05, 3.63) is 35.6 Å². The van der Waals surface area contributed by atoms with Gasteiger partial charge < -0.3 is 14.8 Å². The maximum atomic E-state index is 13.4. The third-order valence-corrected chi connectivity index (χ3v) is 2.49. The van der Waals surface area contributed by atoms with Gasteiger partial charge in [0.2, 0.25) is 0 Å². The fraction of sp³-hybridized carbons (Fsp3) is 0.500. The first-order valence-electron chi connectivity index (χ1n) is 5.22. The Morgan fingerprint density at radius 1 is 1.25 bits per heavy atom. The van der Waals surface area contributed by atoms with Crippen molar-refractivity contribution in [1.29, 1.82) is 0 Å². The summed E-state index contributed by atoms with van der Waals surface area (Å²) in [5.41, 5.74) is 0.647. The van der Waals surface area contributed by atoms with Gasteiger partial charge in [0.25, 0.3) is 0 Å². The normalized spacial score (nSPS) is 13.1. The minimum atomic E-state index is -0.311. The van der Waals surface area contributed by atoms with Gasteiger partial charge in [0.1, 0.15) is 5.82 Å². The third kappa shape index (κ3) is 3.56. The van der Waals surface area contributed by atoms with Gasteiger partial charge in [0, 0.05) is 32.4 Å². The Morgan fingerprint density at radius 3 is 2.44 bits per heavy atom. The SMILES string of the molecule is COC(CNC(C)c1ccccc1F)OC. The summed E-state index contributed by atoms with van der Waals surface area (Å²) in [4.78, 5) is 0. The van der Waals surface area contributed by atoms with E-state index >= 15 is 0 Å². The van der Waals surface area contributed by atoms with E-state index in [9.17, 15) is 4.39 Å². The van der Waals surface area contributed by atoms with E-state index in [-0.39, 0.29) is 18.1 Å². The first-order chi connectivity index (χ1) is 7.69. The van der Waals surface area contributed by atoms with Gasteiger partial charge in [-0.15, -0.1) is 0 Å². The van der Waals surface area contributed by atoms with Crippen LogP contribution in [-0.4, -0.2) is 27.1 Å². The second kappa shape index (κ2) is 6.58. The number of methoxy groups -OCH3 is 2. The highest BCUT2D eigenvalue weighted by molar-refractivity contribution is 5.20. The zero-order valence-corrected chi connectivity index (χ0v) is 9.87. The molecule has 16 heavy (non-hydrogen) atoms. The average Bonchev–Trinajstić information content (AvgIpc) is 2.30. The summed E-state index contributed by atoms with van der Waals surface area (Å²) in [5, 5.41) is 3.15. The molecule has 1 atom stereocenters. The molecule has 0 aromatic heterocycles. The summed E-state index contributed by atoms with van der Waals surface area (Å²) in [6.07, 6.45) is -0.311. The summed E-state index contributed by atoms with van der Waals surface area (Å²) in [7, 11) is 3.15. The predicted octanol–water partition coefficient (Wildman–Crippen LogP) is 2.10. The van der Waals surface area contributed by atoms with Crippen LogP contribution in [0.2, 0.25) is 0 Å². The summed E-state index contributed by atoms with van der Waals surface area (Å²) in [5.74, 6) is -0.200. The first kappa shape index (κ1) is 13.1. The lowest BCUT2D eigenvalue weighted by Crippen LogP contribution is -2.31. The highest BCUT2D eigenvalue weighted by Crippen LogP contribution is 2.15. The van der Waals surface area contributed by atoms with Crippen LogP contribution < -0.4 is 5.32 Å². The van der Waals surface area contributed by atoms with Gasteiger partial charge in [0.15, 0.2) is 6.29 Å². The van der Waals surface area contributed by atoms with Crippen molar-refractivity contribution >= 4 is 0 Å². The molecule has 1 N–H and O–H groups in total. The van der Waals surface area contributed by atoms with Crippen LogP contribution in [0, 0.1) is 5.82 Å². The zero-order chi connectivity index (χ0) is 12.0. The van der Waals surface area contributed by atoms with Crippen LogP contribution in [0.25, 0.3) is 0 Å². The van der Waals surface area contributed by atoms with Gasteiger partial charge in [-0.05, 0) is 13.0 Å². The lowest BCUT2D eigenvalue weighted by Gasteiger charge is -2.19. The molecular weight excluding hydrogens is 209 g/mol. The van der Waals surface area contributed by atoms with Crippen LogP contribution in [0.1, 0.15) is 18.5 Å². The van der Waals surface area contributed by atoms with Crippen molar-refractivity contribution in [1.82, 2.24) is 5.32 Å². The number of halogens is 1. The minimum Gasteiger partial charge on any atom is -0.355 e. The number of hydrogen-bond acceptors (Lipinski definition) is 3. The number of benzene rings is 1. The number of ether oxygens (including phenoxy) is 2. The molecule has 1 unspecified atom stereocenters. The molecule has 0 fully saturated rings. The standard InChI is InChI=1S/C12H18FNO2/c1-9(14-8-12(15-2)16-3)10-6-4-5-7-11(10)13/h4-7,9,12,14H,8H2,1-3H3. The molecule has 0 radical (unpaired) electrons. The average molecular weight is 227 g/mol. The molecule has 3 nitrogen and oxygen atoms in total. The van der Waals surface area contributed by atoms with E-state index in [4.69, 9.17) is 9.47 Å². The van der Waals surface area contributed by atoms with Crippen molar-refractivity contribution in [2.24, 2.45) is 0 Å². The number of hydrogen-bond donors (Lipinski definition) is 1. The molecule has 4 heteroatoms. The van der Waals surface area contributed by atoms with E-state index in [0.29, 0.717) is 12.1 Å². The van der Waals surface area contributed by atoms with Crippen molar-refractivity contribution in [3.8, 4) is 0 Å². The summed E-state index contributed by atoms with van der Waals surface area (Å²) in [6.45, 7) is 2.42. The Morgan fingerprint density at radius 2 is 1.88 bits per heavy atom. The number of rotatable bonds is 6. The Bertz CT molecular complexity index is 316. The monoisotopic (exact) mass is 227 g/mol. The Kier molecular flexibility index (Phi) is 5.38. The van der Waals surface area contributed by atoms with E-state index in [2.05, 4.69) is 5.32 Å². The summed E-state index contributed by atoms with van der Waals surface area (Å²) >= 11 is 0. The van der Waals surface area contributed by atoms with Gasteiger partial charge in [-0.3, -0.25) is 0 Å². The van der Waals surface area contributed by atoms with Gasteiger partial charge in [-0.1, -0.05) is 18.2 Å². The third-order valence-electron chi connectivity index (χ3n) is 2.49. The maximum absolute atomic E-state index is 13.4. The summed E-state index contributed by atoms with van der Waals surface area (Å²) < 4.78 is 23.5. The Hall–Kier alpha value is -0.970. The van der Waals surface area contributed by atoms with E-state index < -0.39 is 0 Å². The van der Waals surface area contributed by atoms with Crippen LogP contribution in [0.4, 0.5) is 4.39 Å². The second-order valence-corrected chi connectivity index (χ2v) is 3.55. The largest absolute Gasteiger partial charge is 0.355 e. The van der Waals surface area contributed by atoms with E-state index in [0.717, 1.165) is 0 Å². The van der Waals surface area contributed by atoms with Gasteiger partial charge >= 0.3 is 0 Å². The van der Waals surface area contributed by atoms with Crippen LogP contribution in [0.5, 0.6) is 0 Å². The van der Waals surface area contributed by atoms with Gasteiger partial charge in [0.05, 0.1) is 0 Å². The topological polar surface area (TPSA) is 30.5 Å². The molecule has 1 aromatic carbocycles. The molecule has 0 amide bonds. The fourth-order valence-electron chi connectivity index (χ4n) is 1.47. The first-order valence-corrected chi connectivity index (χ1v) is 5.22. The Balaban J connectivity index is 2.52. The molecular formula is C12H18FNO2. The molecule has 0 aliphatic carbocycles. The smallest absolute Gasteiger partial charge is 0.169 e. The lowest BCUT2D eigenvalue weighted by atomic mass is 10.1. The van der Waals surface area contributed by atoms with Crippen LogP contribution in [0.15, 0.2) is 24.3 Å². The molecule has 0 heterocycles. The molecule has 0 aliphatic heterocycles. The molecule has 0 saturated carbocycles. The van der Waals surface area contributed by atoms with Crippen molar-refractivity contribution in [2.75, 3.05) is 20.8 Å². The van der Waals surface area contributed by atoms with E-state index in [1.807, 2.05) is 13.0 Å². The van der Waals surface area contributed by atoms with Gasteiger partial charge in [-0.2, -0.15) is 0 Å². The molecule has 0 aliphatic rings. The van der Waals surface area contributed by atoms with Crippen LogP contribution in [0.3, 0.4) is 0 Å². The lowest BCUT2D eigenvalue weighted by molar-refractivity contribution is -0.0997.